The highest BCUT2D eigenvalue weighted by atomic mass is 35.5. The van der Waals surface area contributed by atoms with E-state index in [2.05, 4.69) is 17.5 Å². The number of aryl methyl sites for hydroxylation is 1. The molecule has 2 aliphatic carbocycles. The topological polar surface area (TPSA) is 146 Å². The van der Waals surface area contributed by atoms with E-state index in [9.17, 15) is 29.1 Å². The predicted octanol–water partition coefficient (Wildman–Crippen LogP) is 8.97. The van der Waals surface area contributed by atoms with Crippen molar-refractivity contribution in [1.82, 2.24) is 5.32 Å². The Bertz CT molecular complexity index is 2020. The van der Waals surface area contributed by atoms with Crippen LogP contribution >= 0.6 is 11.6 Å². The van der Waals surface area contributed by atoms with E-state index in [1.807, 2.05) is 48.6 Å². The Balaban J connectivity index is 1.27. The number of nitriles is 1. The van der Waals surface area contributed by atoms with Crippen LogP contribution in [-0.2, 0) is 27.2 Å². The fourth-order valence-corrected chi connectivity index (χ4v) is 7.29. The number of hydrogen-bond acceptors (Lipinski definition) is 7. The molecular formula is C45H48ClFN2O7. The number of aliphatic hydroxyl groups is 1. The summed E-state index contributed by atoms with van der Waals surface area (Å²) in [6, 6.07) is 18.5. The number of nitrogens with zero attached hydrogens (tertiary/aromatic N) is 1. The van der Waals surface area contributed by atoms with Crippen LogP contribution in [0.2, 0.25) is 5.02 Å². The molecule has 5 rings (SSSR count). The molecule has 0 heterocycles. The minimum Gasteiger partial charge on any atom is -0.488 e. The van der Waals surface area contributed by atoms with Gasteiger partial charge in [-0.15, -0.1) is 0 Å². The number of nitrogens with one attached hydrogen (secondary N) is 1. The second kappa shape index (κ2) is 21.2. The number of hydrogen-bond donors (Lipinski definition) is 3. The molecule has 3 aromatic rings. The molecule has 0 aromatic heterocycles. The highest BCUT2D eigenvalue weighted by molar-refractivity contribution is 6.32. The van der Waals surface area contributed by atoms with Gasteiger partial charge in [-0.25, -0.2) is 4.39 Å². The average molecular weight is 783 g/mol. The van der Waals surface area contributed by atoms with Crippen molar-refractivity contribution in [3.05, 3.63) is 118 Å². The summed E-state index contributed by atoms with van der Waals surface area (Å²) in [6.45, 7) is -0.303. The molecule has 0 radical (unpaired) electrons. The van der Waals surface area contributed by atoms with E-state index in [0.717, 1.165) is 47.1 Å². The molecule has 0 fully saturated rings. The Labute approximate surface area is 332 Å². The third kappa shape index (κ3) is 11.9. The number of fused-ring (bicyclic) bond motifs is 1. The predicted molar refractivity (Wildman–Crippen MR) is 213 cm³/mol. The fraction of sp³-hybridized carbons (Fsp3) is 0.378. The number of carbonyl (C=O) groups is 3. The molecule has 2 atom stereocenters. The summed E-state index contributed by atoms with van der Waals surface area (Å²) in [5, 5.41) is 31.3. The summed E-state index contributed by atoms with van der Waals surface area (Å²) in [7, 11) is 0. The highest BCUT2D eigenvalue weighted by Crippen LogP contribution is 2.43. The Morgan fingerprint density at radius 1 is 1.00 bits per heavy atom. The van der Waals surface area contributed by atoms with Crippen molar-refractivity contribution in [1.29, 1.82) is 5.26 Å². The van der Waals surface area contributed by atoms with Crippen LogP contribution in [0.1, 0.15) is 87.0 Å². The Morgan fingerprint density at radius 3 is 2.59 bits per heavy atom. The van der Waals surface area contributed by atoms with Crippen LogP contribution in [0.25, 0.3) is 11.1 Å². The van der Waals surface area contributed by atoms with Crippen molar-refractivity contribution < 1.29 is 38.5 Å². The van der Waals surface area contributed by atoms with E-state index in [4.69, 9.17) is 26.2 Å². The zero-order valence-electron chi connectivity index (χ0n) is 31.4. The number of amides is 1. The molecule has 11 heteroatoms. The van der Waals surface area contributed by atoms with Gasteiger partial charge in [-0.1, -0.05) is 66.6 Å². The van der Waals surface area contributed by atoms with Gasteiger partial charge in [0.25, 0.3) is 0 Å². The summed E-state index contributed by atoms with van der Waals surface area (Å²) in [5.41, 5.74) is 5.68. The maximum absolute atomic E-state index is 14.8. The lowest BCUT2D eigenvalue weighted by Crippen LogP contribution is -2.36. The molecule has 3 aromatic carbocycles. The summed E-state index contributed by atoms with van der Waals surface area (Å²) >= 11 is 6.89. The number of allylic oxidation sites excluding steroid dienone is 4. The van der Waals surface area contributed by atoms with Crippen LogP contribution in [0.3, 0.4) is 0 Å². The number of carboxylic acid groups (broad SMARTS) is 1. The third-order valence-corrected chi connectivity index (χ3v) is 10.4. The SMILES string of the molecule is N#CC1=C/C(COc2cc(OC3CCc4c(-c5ccccc5F)cccc43)c(Cl)cc2CCCCC(CO)C(=O)NCC(=O)CCCCC(=O)O)=C\CC/C=C\1. The van der Waals surface area contributed by atoms with E-state index < -0.39 is 17.8 Å². The number of aliphatic hydroxyl groups excluding tert-OH is 1. The summed E-state index contributed by atoms with van der Waals surface area (Å²) in [5.74, 6) is -1.43. The minimum absolute atomic E-state index is 0.00372. The largest absolute Gasteiger partial charge is 0.488 e. The van der Waals surface area contributed by atoms with Gasteiger partial charge < -0.3 is 25.0 Å². The van der Waals surface area contributed by atoms with Gasteiger partial charge >= 0.3 is 5.97 Å². The van der Waals surface area contributed by atoms with Crippen molar-refractivity contribution in [3.8, 4) is 28.7 Å². The van der Waals surface area contributed by atoms with Gasteiger partial charge in [0, 0.05) is 24.5 Å². The molecule has 9 nitrogen and oxygen atoms in total. The maximum atomic E-state index is 14.8. The lowest BCUT2D eigenvalue weighted by Gasteiger charge is -2.20. The van der Waals surface area contributed by atoms with Crippen molar-refractivity contribution >= 4 is 29.3 Å². The van der Waals surface area contributed by atoms with Gasteiger partial charge in [-0.3, -0.25) is 14.4 Å². The van der Waals surface area contributed by atoms with Crippen molar-refractivity contribution in [2.24, 2.45) is 5.92 Å². The molecule has 294 valence electrons. The maximum Gasteiger partial charge on any atom is 0.303 e. The number of Topliss-reactive ketones (excluding diaryl/α,β-unsaturated/α-hetero) is 1. The molecule has 0 saturated heterocycles. The van der Waals surface area contributed by atoms with Gasteiger partial charge in [0.15, 0.2) is 5.78 Å². The van der Waals surface area contributed by atoms with E-state index in [1.54, 1.807) is 18.2 Å². The molecule has 0 bridgehead atoms. The fourth-order valence-electron chi connectivity index (χ4n) is 7.06. The summed E-state index contributed by atoms with van der Waals surface area (Å²) in [4.78, 5) is 35.6. The quantitative estimate of drug-likeness (QED) is 0.0964. The van der Waals surface area contributed by atoms with Gasteiger partial charge in [-0.2, -0.15) is 5.26 Å². The van der Waals surface area contributed by atoms with Crippen molar-refractivity contribution in [2.75, 3.05) is 19.8 Å². The molecule has 0 aliphatic heterocycles. The summed E-state index contributed by atoms with van der Waals surface area (Å²) < 4.78 is 27.8. The van der Waals surface area contributed by atoms with Crippen LogP contribution in [0.15, 0.2) is 90.0 Å². The van der Waals surface area contributed by atoms with E-state index >= 15 is 0 Å². The van der Waals surface area contributed by atoms with E-state index in [-0.39, 0.29) is 50.3 Å². The molecule has 0 spiro atoms. The summed E-state index contributed by atoms with van der Waals surface area (Å²) in [6.07, 6.45) is 13.6. The first-order valence-electron chi connectivity index (χ1n) is 19.2. The standard InChI is InChI=1S/C45H48ClFN2O7/c46-39-24-32(13-4-5-14-33(28-50)45(54)49-27-34(51)15-6-9-20-44(52)53)42(55-29-31-12-3-1-2-11-30(23-31)26-48)25-43(39)56-41-22-21-36-35(17-10-18-38(36)41)37-16-7-8-19-40(37)47/h2,7-8,10-12,16-19,23-25,33,41,50H,1,3-6,9,13-15,20-22,27-29H2,(H,49,54)(H,52,53)/b11-2-,30-23+,31-12+. The van der Waals surface area contributed by atoms with Crippen molar-refractivity contribution in [3.63, 3.8) is 0 Å². The third-order valence-electron chi connectivity index (χ3n) is 10.1. The number of ketones is 1. The number of carbonyl (C=O) groups excluding carboxylic acids is 2. The Kier molecular flexibility index (Phi) is 15.8. The van der Waals surface area contributed by atoms with Crippen LogP contribution < -0.4 is 14.8 Å². The number of ether oxygens (including phenoxy) is 2. The Hall–Kier alpha value is -5.24. The number of aliphatic carboxylic acids is 1. The number of unbranched alkanes of at least 4 members (excludes halogenated alkanes) is 2. The zero-order valence-corrected chi connectivity index (χ0v) is 32.2. The first-order valence-corrected chi connectivity index (χ1v) is 19.6. The van der Waals surface area contributed by atoms with Gasteiger partial charge in [0.05, 0.1) is 35.7 Å². The molecule has 2 unspecified atom stereocenters. The van der Waals surface area contributed by atoms with Gasteiger partial charge in [-0.05, 0) is 110 Å². The number of benzene rings is 3. The van der Waals surface area contributed by atoms with E-state index in [1.165, 1.54) is 6.07 Å². The second-order valence-electron chi connectivity index (χ2n) is 14.1. The second-order valence-corrected chi connectivity index (χ2v) is 14.5. The van der Waals surface area contributed by atoms with Crippen LogP contribution in [0, 0.1) is 23.1 Å². The lowest BCUT2D eigenvalue weighted by molar-refractivity contribution is -0.137. The molecule has 0 saturated carbocycles. The van der Waals surface area contributed by atoms with Crippen LogP contribution in [-0.4, -0.2) is 47.6 Å². The molecular weight excluding hydrogens is 735 g/mol. The molecule has 3 N–H and O–H groups in total. The molecule has 2 aliphatic rings. The average Bonchev–Trinajstić information content (AvgIpc) is 3.59. The zero-order chi connectivity index (χ0) is 39.9. The molecule has 56 heavy (non-hydrogen) atoms. The Morgan fingerprint density at radius 2 is 1.80 bits per heavy atom. The monoisotopic (exact) mass is 782 g/mol. The minimum atomic E-state index is -0.910. The number of rotatable bonds is 20. The number of halogens is 2. The van der Waals surface area contributed by atoms with Crippen molar-refractivity contribution in [2.45, 2.75) is 83.2 Å². The van der Waals surface area contributed by atoms with Crippen LogP contribution in [0.5, 0.6) is 11.5 Å². The normalized spacial score (nSPS) is 17.8. The van der Waals surface area contributed by atoms with Crippen LogP contribution in [0.4, 0.5) is 4.39 Å². The first-order chi connectivity index (χ1) is 27.2. The highest BCUT2D eigenvalue weighted by Gasteiger charge is 2.28. The van der Waals surface area contributed by atoms with Gasteiger partial charge in [0.1, 0.15) is 30.0 Å². The smallest absolute Gasteiger partial charge is 0.303 e. The lowest BCUT2D eigenvalue weighted by atomic mass is 9.96. The molecule has 1 amide bonds. The van der Waals surface area contributed by atoms with Gasteiger partial charge in [0.2, 0.25) is 5.91 Å². The number of carboxylic acids is 1. The first kappa shape index (κ1) is 41.9. The van der Waals surface area contributed by atoms with E-state index in [0.29, 0.717) is 72.6 Å².